The number of nitriles is 1. The number of ether oxygens (including phenoxy) is 1. The molecule has 0 atom stereocenters. The number of carbonyl (C=O) groups is 2. The van der Waals surface area contributed by atoms with E-state index in [4.69, 9.17) is 5.26 Å². The van der Waals surface area contributed by atoms with Crippen molar-refractivity contribution in [3.8, 4) is 6.07 Å². The maximum atomic E-state index is 12.3. The minimum absolute atomic E-state index is 0.119. The molecule has 1 heterocycles. The normalized spacial score (nSPS) is 14.6. The highest BCUT2D eigenvalue weighted by Crippen LogP contribution is 2.11. The Bertz CT molecular complexity index is 557. The molecule has 0 radical (unpaired) electrons. The van der Waals surface area contributed by atoms with Gasteiger partial charge in [0.15, 0.2) is 0 Å². The number of hydrogen-bond donors (Lipinski definition) is 0. The van der Waals surface area contributed by atoms with Gasteiger partial charge in [-0.05, 0) is 18.2 Å². The van der Waals surface area contributed by atoms with Crippen molar-refractivity contribution < 1.29 is 14.3 Å². The number of piperazine rings is 1. The van der Waals surface area contributed by atoms with Crippen molar-refractivity contribution in [2.24, 2.45) is 0 Å². The van der Waals surface area contributed by atoms with Crippen LogP contribution in [0.4, 0.5) is 4.79 Å². The van der Waals surface area contributed by atoms with Gasteiger partial charge in [-0.25, -0.2) is 4.79 Å². The predicted molar refractivity (Wildman–Crippen MR) is 71.0 cm³/mol. The number of nitrogens with zero attached hydrogens (tertiary/aromatic N) is 3. The summed E-state index contributed by atoms with van der Waals surface area (Å²) in [6.07, 6.45) is -0.372. The number of methoxy groups -OCH3 is 1. The summed E-state index contributed by atoms with van der Waals surface area (Å²) < 4.78 is 4.65. The van der Waals surface area contributed by atoms with Gasteiger partial charge in [-0.3, -0.25) is 4.79 Å². The summed E-state index contributed by atoms with van der Waals surface area (Å²) in [4.78, 5) is 26.9. The lowest BCUT2D eigenvalue weighted by molar-refractivity contribution is 0.0599. The SMILES string of the molecule is COC(=O)N1CCN(C(=O)c2cccc(C#N)c2)CC1. The molecule has 2 rings (SSSR count). The van der Waals surface area contributed by atoms with E-state index < -0.39 is 0 Å². The third-order valence-electron chi connectivity index (χ3n) is 3.24. The molecule has 0 bridgehead atoms. The Morgan fingerprint density at radius 1 is 1.20 bits per heavy atom. The van der Waals surface area contributed by atoms with Crippen LogP contribution in [-0.2, 0) is 4.74 Å². The van der Waals surface area contributed by atoms with E-state index >= 15 is 0 Å². The van der Waals surface area contributed by atoms with E-state index in [2.05, 4.69) is 4.74 Å². The second kappa shape index (κ2) is 6.06. The van der Waals surface area contributed by atoms with Crippen LogP contribution in [0, 0.1) is 11.3 Å². The first-order valence-electron chi connectivity index (χ1n) is 6.28. The lowest BCUT2D eigenvalue weighted by Gasteiger charge is -2.33. The molecule has 1 aliphatic heterocycles. The topological polar surface area (TPSA) is 73.6 Å². The third-order valence-corrected chi connectivity index (χ3v) is 3.24. The summed E-state index contributed by atoms with van der Waals surface area (Å²) in [5, 5.41) is 8.84. The highest BCUT2D eigenvalue weighted by molar-refractivity contribution is 5.94. The summed E-state index contributed by atoms with van der Waals surface area (Å²) in [6.45, 7) is 1.84. The number of rotatable bonds is 1. The smallest absolute Gasteiger partial charge is 0.409 e. The molecule has 6 nitrogen and oxygen atoms in total. The van der Waals surface area contributed by atoms with Crippen molar-refractivity contribution in [3.05, 3.63) is 35.4 Å². The van der Waals surface area contributed by atoms with Crippen LogP contribution < -0.4 is 0 Å². The molecular weight excluding hydrogens is 258 g/mol. The van der Waals surface area contributed by atoms with Gasteiger partial charge in [-0.1, -0.05) is 6.07 Å². The van der Waals surface area contributed by atoms with Crippen LogP contribution in [0.5, 0.6) is 0 Å². The molecule has 1 aromatic carbocycles. The van der Waals surface area contributed by atoms with Crippen LogP contribution in [0.15, 0.2) is 24.3 Å². The largest absolute Gasteiger partial charge is 0.453 e. The van der Waals surface area contributed by atoms with Gasteiger partial charge in [0, 0.05) is 31.7 Å². The van der Waals surface area contributed by atoms with Crippen LogP contribution in [0.25, 0.3) is 0 Å². The average molecular weight is 273 g/mol. The molecule has 2 amide bonds. The second-order valence-corrected chi connectivity index (χ2v) is 4.44. The highest BCUT2D eigenvalue weighted by Gasteiger charge is 2.25. The maximum Gasteiger partial charge on any atom is 0.409 e. The molecule has 1 fully saturated rings. The van der Waals surface area contributed by atoms with Crippen LogP contribution >= 0.6 is 0 Å². The van der Waals surface area contributed by atoms with Gasteiger partial charge in [-0.15, -0.1) is 0 Å². The van der Waals surface area contributed by atoms with Gasteiger partial charge in [0.2, 0.25) is 0 Å². The maximum absolute atomic E-state index is 12.3. The van der Waals surface area contributed by atoms with E-state index in [-0.39, 0.29) is 12.0 Å². The zero-order valence-corrected chi connectivity index (χ0v) is 11.2. The molecule has 1 aliphatic rings. The van der Waals surface area contributed by atoms with Gasteiger partial charge < -0.3 is 14.5 Å². The minimum Gasteiger partial charge on any atom is -0.453 e. The van der Waals surface area contributed by atoms with E-state index in [9.17, 15) is 9.59 Å². The molecule has 0 aliphatic carbocycles. The van der Waals surface area contributed by atoms with Crippen molar-refractivity contribution in [2.45, 2.75) is 0 Å². The van der Waals surface area contributed by atoms with E-state index in [0.29, 0.717) is 37.3 Å². The Labute approximate surface area is 117 Å². The molecular formula is C14H15N3O3. The molecule has 1 saturated heterocycles. The first-order valence-corrected chi connectivity index (χ1v) is 6.28. The zero-order valence-electron chi connectivity index (χ0n) is 11.2. The van der Waals surface area contributed by atoms with Crippen molar-refractivity contribution >= 4 is 12.0 Å². The molecule has 1 aromatic rings. The third kappa shape index (κ3) is 2.88. The van der Waals surface area contributed by atoms with Crippen LogP contribution in [0.2, 0.25) is 0 Å². The molecule has 0 N–H and O–H groups in total. The molecule has 0 spiro atoms. The zero-order chi connectivity index (χ0) is 14.5. The Morgan fingerprint density at radius 2 is 1.85 bits per heavy atom. The number of amides is 2. The first kappa shape index (κ1) is 13.9. The van der Waals surface area contributed by atoms with Crippen LogP contribution in [-0.4, -0.2) is 55.1 Å². The van der Waals surface area contributed by atoms with Crippen molar-refractivity contribution in [2.75, 3.05) is 33.3 Å². The van der Waals surface area contributed by atoms with Gasteiger partial charge >= 0.3 is 6.09 Å². The molecule has 104 valence electrons. The molecule has 0 unspecified atom stereocenters. The Hall–Kier alpha value is -2.55. The van der Waals surface area contributed by atoms with Gasteiger partial charge in [0.1, 0.15) is 0 Å². The van der Waals surface area contributed by atoms with Crippen LogP contribution in [0.3, 0.4) is 0 Å². The monoisotopic (exact) mass is 273 g/mol. The van der Waals surface area contributed by atoms with Crippen molar-refractivity contribution in [1.29, 1.82) is 5.26 Å². The summed E-state index contributed by atoms with van der Waals surface area (Å²) >= 11 is 0. The Morgan fingerprint density at radius 3 is 2.45 bits per heavy atom. The number of benzene rings is 1. The Balaban J connectivity index is 2.01. The van der Waals surface area contributed by atoms with E-state index in [1.807, 2.05) is 6.07 Å². The van der Waals surface area contributed by atoms with E-state index in [1.54, 1.807) is 34.1 Å². The fraction of sp³-hybridized carbons (Fsp3) is 0.357. The Kier molecular flexibility index (Phi) is 4.20. The summed E-state index contributed by atoms with van der Waals surface area (Å²) in [7, 11) is 1.34. The summed E-state index contributed by atoms with van der Waals surface area (Å²) in [5.41, 5.74) is 0.958. The van der Waals surface area contributed by atoms with Gasteiger partial charge in [0.25, 0.3) is 5.91 Å². The average Bonchev–Trinajstić information content (AvgIpc) is 2.53. The number of hydrogen-bond acceptors (Lipinski definition) is 4. The summed E-state index contributed by atoms with van der Waals surface area (Å²) in [6, 6.07) is 8.63. The van der Waals surface area contributed by atoms with Crippen LogP contribution in [0.1, 0.15) is 15.9 Å². The lowest BCUT2D eigenvalue weighted by atomic mass is 10.1. The minimum atomic E-state index is -0.372. The van der Waals surface area contributed by atoms with Crippen molar-refractivity contribution in [3.63, 3.8) is 0 Å². The second-order valence-electron chi connectivity index (χ2n) is 4.44. The highest BCUT2D eigenvalue weighted by atomic mass is 16.5. The lowest BCUT2D eigenvalue weighted by Crippen LogP contribution is -2.50. The molecule has 0 saturated carbocycles. The van der Waals surface area contributed by atoms with E-state index in [1.165, 1.54) is 7.11 Å². The quantitative estimate of drug-likeness (QED) is 0.767. The van der Waals surface area contributed by atoms with Gasteiger partial charge in [-0.2, -0.15) is 5.26 Å². The van der Waals surface area contributed by atoms with Crippen molar-refractivity contribution in [1.82, 2.24) is 9.80 Å². The first-order chi connectivity index (χ1) is 9.65. The molecule has 0 aromatic heterocycles. The molecule has 6 heteroatoms. The number of carbonyl (C=O) groups excluding carboxylic acids is 2. The predicted octanol–water partition coefficient (Wildman–Crippen LogP) is 1.08. The summed E-state index contributed by atoms with van der Waals surface area (Å²) in [5.74, 6) is -0.119. The van der Waals surface area contributed by atoms with Gasteiger partial charge in [0.05, 0.1) is 18.7 Å². The fourth-order valence-electron chi connectivity index (χ4n) is 2.13. The molecule has 20 heavy (non-hydrogen) atoms. The fourth-order valence-corrected chi connectivity index (χ4v) is 2.13. The standard InChI is InChI=1S/C14H15N3O3/c1-20-14(19)17-7-5-16(6-8-17)13(18)12-4-2-3-11(9-12)10-15/h2-4,9H,5-8H2,1H3. The van der Waals surface area contributed by atoms with E-state index in [0.717, 1.165) is 0 Å².